The summed E-state index contributed by atoms with van der Waals surface area (Å²) in [7, 11) is 0. The Kier molecular flexibility index (Phi) is 3.57. The Labute approximate surface area is 87.3 Å². The van der Waals surface area contributed by atoms with E-state index in [-0.39, 0.29) is 10.6 Å². The van der Waals surface area contributed by atoms with Crippen molar-refractivity contribution in [1.29, 1.82) is 0 Å². The van der Waals surface area contributed by atoms with Gasteiger partial charge in [-0.3, -0.25) is 0 Å². The number of hydrogen-bond donors (Lipinski definition) is 1. The Hall–Kier alpha value is -1.24. The number of alkyl halides is 3. The van der Waals surface area contributed by atoms with Gasteiger partial charge < -0.3 is 5.11 Å². The van der Waals surface area contributed by atoms with Crippen LogP contribution in [0.3, 0.4) is 0 Å². The largest absolute Gasteiger partial charge is 0.478 e. The molecule has 0 radical (unpaired) electrons. The number of nitrogens with zero attached hydrogens (tertiary/aromatic N) is 1. The summed E-state index contributed by atoms with van der Waals surface area (Å²) in [5.74, 6) is -2.19. The summed E-state index contributed by atoms with van der Waals surface area (Å²) in [4.78, 5) is 14.0. The van der Waals surface area contributed by atoms with Crippen molar-refractivity contribution < 1.29 is 23.1 Å². The maximum atomic E-state index is 11.8. The summed E-state index contributed by atoms with van der Waals surface area (Å²) in [5, 5.41) is 8.66. The van der Waals surface area contributed by atoms with Crippen LogP contribution >= 0.6 is 11.8 Å². The van der Waals surface area contributed by atoms with E-state index in [2.05, 4.69) is 4.98 Å². The van der Waals surface area contributed by atoms with E-state index in [1.165, 1.54) is 12.1 Å². The van der Waals surface area contributed by atoms with Gasteiger partial charge in [-0.2, -0.15) is 13.2 Å². The smallest absolute Gasteiger partial charge is 0.398 e. The third kappa shape index (κ3) is 4.20. The Morgan fingerprint density at radius 3 is 2.53 bits per heavy atom. The molecule has 0 aliphatic rings. The minimum atomic E-state index is -4.25. The van der Waals surface area contributed by atoms with E-state index in [0.717, 1.165) is 6.20 Å². The van der Waals surface area contributed by atoms with Gasteiger partial charge >= 0.3 is 12.1 Å². The molecule has 7 heteroatoms. The predicted octanol–water partition coefficient (Wildman–Crippen LogP) is 2.43. The van der Waals surface area contributed by atoms with E-state index in [4.69, 9.17) is 5.11 Å². The fraction of sp³-hybridized carbons (Fsp3) is 0.250. The molecule has 0 aromatic carbocycles. The molecule has 1 N–H and O–H groups in total. The molecular weight excluding hydrogens is 231 g/mol. The quantitative estimate of drug-likeness (QED) is 0.820. The van der Waals surface area contributed by atoms with Crippen LogP contribution < -0.4 is 0 Å². The van der Waals surface area contributed by atoms with E-state index >= 15 is 0 Å². The zero-order chi connectivity index (χ0) is 11.5. The maximum Gasteiger partial charge on any atom is 0.398 e. The topological polar surface area (TPSA) is 50.2 Å². The average molecular weight is 237 g/mol. The van der Waals surface area contributed by atoms with Crippen molar-refractivity contribution in [2.24, 2.45) is 0 Å². The third-order valence-corrected chi connectivity index (χ3v) is 2.38. The van der Waals surface area contributed by atoms with E-state index in [1.807, 2.05) is 0 Å². The van der Waals surface area contributed by atoms with Gasteiger partial charge in [-0.15, -0.1) is 0 Å². The average Bonchev–Trinajstić information content (AvgIpc) is 2.14. The van der Waals surface area contributed by atoms with Crippen LogP contribution in [0.2, 0.25) is 0 Å². The molecule has 82 valence electrons. The number of pyridine rings is 1. The second-order valence-electron chi connectivity index (χ2n) is 2.59. The number of carbonyl (C=O) groups is 1. The summed E-state index contributed by atoms with van der Waals surface area (Å²) in [6.45, 7) is 0. The number of carboxylic acid groups (broad SMARTS) is 1. The highest BCUT2D eigenvalue weighted by Gasteiger charge is 2.27. The Balaban J connectivity index is 2.61. The van der Waals surface area contributed by atoms with Crippen LogP contribution in [0, 0.1) is 0 Å². The SMILES string of the molecule is O=C(O)c1ccc(SCC(F)(F)F)nc1. The van der Waals surface area contributed by atoms with Crippen molar-refractivity contribution in [3.8, 4) is 0 Å². The van der Waals surface area contributed by atoms with Crippen molar-refractivity contribution >= 4 is 17.7 Å². The molecule has 0 aliphatic heterocycles. The molecule has 1 heterocycles. The Morgan fingerprint density at radius 1 is 1.47 bits per heavy atom. The van der Waals surface area contributed by atoms with Crippen LogP contribution in [-0.4, -0.2) is 28.0 Å². The molecule has 3 nitrogen and oxygen atoms in total. The zero-order valence-electron chi connectivity index (χ0n) is 7.28. The Morgan fingerprint density at radius 2 is 2.13 bits per heavy atom. The monoisotopic (exact) mass is 237 g/mol. The number of aromatic nitrogens is 1. The van der Waals surface area contributed by atoms with Crippen molar-refractivity contribution in [1.82, 2.24) is 4.98 Å². The van der Waals surface area contributed by atoms with Crippen molar-refractivity contribution in [2.75, 3.05) is 5.75 Å². The minimum absolute atomic E-state index is 0.0497. The number of halogens is 3. The molecule has 0 saturated heterocycles. The van der Waals surface area contributed by atoms with Crippen LogP contribution in [0.15, 0.2) is 23.4 Å². The second-order valence-corrected chi connectivity index (χ2v) is 3.59. The van der Waals surface area contributed by atoms with E-state index in [9.17, 15) is 18.0 Å². The maximum absolute atomic E-state index is 11.8. The lowest BCUT2D eigenvalue weighted by Crippen LogP contribution is -2.10. The molecule has 0 atom stereocenters. The predicted molar refractivity (Wildman–Crippen MR) is 48.0 cm³/mol. The lowest BCUT2D eigenvalue weighted by atomic mass is 10.3. The van der Waals surface area contributed by atoms with Gasteiger partial charge in [0.1, 0.15) is 0 Å². The fourth-order valence-electron chi connectivity index (χ4n) is 0.748. The number of thioether (sulfide) groups is 1. The molecule has 0 saturated carbocycles. The van der Waals surface area contributed by atoms with Gasteiger partial charge in [0.2, 0.25) is 0 Å². The normalized spacial score (nSPS) is 11.4. The van der Waals surface area contributed by atoms with Crippen LogP contribution in [0.5, 0.6) is 0 Å². The molecule has 0 amide bonds. The molecule has 1 aromatic rings. The van der Waals surface area contributed by atoms with Gasteiger partial charge in [-0.05, 0) is 12.1 Å². The standard InChI is InChI=1S/C8H6F3NO2S/c9-8(10,11)4-15-6-2-1-5(3-12-6)7(13)14/h1-3H,4H2,(H,13,14). The first-order valence-corrected chi connectivity index (χ1v) is 4.76. The highest BCUT2D eigenvalue weighted by Crippen LogP contribution is 2.25. The van der Waals surface area contributed by atoms with Gasteiger partial charge in [0.05, 0.1) is 16.3 Å². The first kappa shape index (κ1) is 11.8. The summed E-state index contributed by atoms with van der Waals surface area (Å²) in [6, 6.07) is 2.47. The minimum Gasteiger partial charge on any atom is -0.478 e. The first-order valence-electron chi connectivity index (χ1n) is 3.77. The van der Waals surface area contributed by atoms with Gasteiger partial charge in [0, 0.05) is 6.20 Å². The van der Waals surface area contributed by atoms with Crippen LogP contribution in [0.25, 0.3) is 0 Å². The molecule has 0 fully saturated rings. The van der Waals surface area contributed by atoms with Crippen molar-refractivity contribution in [3.05, 3.63) is 23.9 Å². The molecule has 0 bridgehead atoms. The first-order chi connectivity index (χ1) is 6.88. The number of rotatable bonds is 3. The fourth-order valence-corrected chi connectivity index (χ4v) is 1.35. The van der Waals surface area contributed by atoms with E-state index in [0.29, 0.717) is 11.8 Å². The van der Waals surface area contributed by atoms with E-state index < -0.39 is 17.9 Å². The molecular formula is C8H6F3NO2S. The molecule has 0 unspecified atom stereocenters. The lowest BCUT2D eigenvalue weighted by Gasteiger charge is -2.04. The Bertz CT molecular complexity index is 350. The summed E-state index contributed by atoms with van der Waals surface area (Å²) in [5.41, 5.74) is -0.0497. The van der Waals surface area contributed by atoms with Crippen LogP contribution in [-0.2, 0) is 0 Å². The van der Waals surface area contributed by atoms with Crippen molar-refractivity contribution in [2.45, 2.75) is 11.2 Å². The highest BCUT2D eigenvalue weighted by atomic mass is 32.2. The molecule has 0 aliphatic carbocycles. The number of aromatic carboxylic acids is 1. The zero-order valence-corrected chi connectivity index (χ0v) is 8.10. The molecule has 1 aromatic heterocycles. The number of hydrogen-bond acceptors (Lipinski definition) is 3. The van der Waals surface area contributed by atoms with E-state index in [1.54, 1.807) is 0 Å². The number of carboxylic acids is 1. The lowest BCUT2D eigenvalue weighted by molar-refractivity contribution is -0.105. The third-order valence-electron chi connectivity index (χ3n) is 1.37. The van der Waals surface area contributed by atoms with Gasteiger partial charge in [0.25, 0.3) is 0 Å². The summed E-state index contributed by atoms with van der Waals surface area (Å²) < 4.78 is 35.4. The van der Waals surface area contributed by atoms with Gasteiger partial charge in [-0.1, -0.05) is 11.8 Å². The summed E-state index contributed by atoms with van der Waals surface area (Å²) in [6.07, 6.45) is -3.22. The van der Waals surface area contributed by atoms with Crippen LogP contribution in [0.4, 0.5) is 13.2 Å². The molecule has 0 spiro atoms. The van der Waals surface area contributed by atoms with Crippen LogP contribution in [0.1, 0.15) is 10.4 Å². The molecule has 15 heavy (non-hydrogen) atoms. The molecule has 1 rings (SSSR count). The highest BCUT2D eigenvalue weighted by molar-refractivity contribution is 7.99. The summed E-state index contributed by atoms with van der Waals surface area (Å²) >= 11 is 0.519. The van der Waals surface area contributed by atoms with Gasteiger partial charge in [-0.25, -0.2) is 9.78 Å². The second kappa shape index (κ2) is 4.52. The van der Waals surface area contributed by atoms with Gasteiger partial charge in [0.15, 0.2) is 0 Å². The van der Waals surface area contributed by atoms with Crippen molar-refractivity contribution in [3.63, 3.8) is 0 Å².